The Bertz CT molecular complexity index is 514. The smallest absolute Gasteiger partial charge is 0.322 e. The lowest BCUT2D eigenvalue weighted by Crippen LogP contribution is -2.53. The molecule has 0 unspecified atom stereocenters. The van der Waals surface area contributed by atoms with Crippen molar-refractivity contribution in [3.63, 3.8) is 0 Å². The predicted molar refractivity (Wildman–Crippen MR) is 91.9 cm³/mol. The van der Waals surface area contributed by atoms with Gasteiger partial charge in [0.05, 0.1) is 6.54 Å². The van der Waals surface area contributed by atoms with E-state index in [4.69, 9.17) is 5.11 Å². The standard InChI is InChI=1S/C14H24N4O6S/c1-8(13(23)16-6-11(20)15-7-12(21)22)17-14(24)10(4-5-25-3)18-9(2)19/h8,10H,4-7H2,1-3H3,(H,15,20)(H,16,23)(H,17,24)(H,18,19)(H,21,22)/t8-,10-/m0/s1. The first-order valence-electron chi connectivity index (χ1n) is 7.50. The minimum atomic E-state index is -1.20. The number of carboxylic acids is 1. The predicted octanol–water partition coefficient (Wildman–Crippen LogP) is -1.93. The molecule has 0 aromatic heterocycles. The lowest BCUT2D eigenvalue weighted by molar-refractivity contribution is -0.138. The zero-order valence-corrected chi connectivity index (χ0v) is 15.2. The van der Waals surface area contributed by atoms with Gasteiger partial charge in [0, 0.05) is 6.92 Å². The van der Waals surface area contributed by atoms with Gasteiger partial charge in [0.25, 0.3) is 0 Å². The van der Waals surface area contributed by atoms with E-state index in [1.54, 1.807) is 0 Å². The third kappa shape index (κ3) is 11.0. The number of carbonyl (C=O) groups is 5. The van der Waals surface area contributed by atoms with Crippen molar-refractivity contribution < 1.29 is 29.1 Å². The number of hydrogen-bond acceptors (Lipinski definition) is 6. The summed E-state index contributed by atoms with van der Waals surface area (Å²) in [6.07, 6.45) is 2.28. The molecular formula is C14H24N4O6S. The molecule has 0 aliphatic carbocycles. The fourth-order valence-corrected chi connectivity index (χ4v) is 2.16. The molecule has 0 saturated heterocycles. The van der Waals surface area contributed by atoms with E-state index in [9.17, 15) is 24.0 Å². The largest absolute Gasteiger partial charge is 0.480 e. The number of carbonyl (C=O) groups excluding carboxylic acids is 4. The van der Waals surface area contributed by atoms with Crippen LogP contribution in [0.15, 0.2) is 0 Å². The molecule has 11 heteroatoms. The summed E-state index contributed by atoms with van der Waals surface area (Å²) in [7, 11) is 0. The van der Waals surface area contributed by atoms with E-state index in [0.717, 1.165) is 0 Å². The van der Waals surface area contributed by atoms with E-state index in [2.05, 4.69) is 21.3 Å². The molecule has 0 rings (SSSR count). The molecule has 2 atom stereocenters. The van der Waals surface area contributed by atoms with E-state index in [1.807, 2.05) is 6.26 Å². The molecule has 0 aromatic carbocycles. The first kappa shape index (κ1) is 22.7. The third-order valence-corrected chi connectivity index (χ3v) is 3.56. The molecule has 5 N–H and O–H groups in total. The summed E-state index contributed by atoms with van der Waals surface area (Å²) in [6.45, 7) is 1.77. The van der Waals surface area contributed by atoms with Crippen LogP contribution in [-0.2, 0) is 24.0 Å². The Balaban J connectivity index is 4.41. The second-order valence-corrected chi connectivity index (χ2v) is 6.14. The summed E-state index contributed by atoms with van der Waals surface area (Å²) in [5.74, 6) is -2.66. The van der Waals surface area contributed by atoms with Crippen molar-refractivity contribution in [2.45, 2.75) is 32.4 Å². The van der Waals surface area contributed by atoms with Gasteiger partial charge in [-0.3, -0.25) is 24.0 Å². The van der Waals surface area contributed by atoms with Crippen LogP contribution < -0.4 is 21.3 Å². The normalized spacial score (nSPS) is 12.4. The maximum absolute atomic E-state index is 12.2. The molecule has 0 aliphatic heterocycles. The van der Waals surface area contributed by atoms with Gasteiger partial charge < -0.3 is 26.4 Å². The number of aliphatic carboxylic acids is 1. The Hall–Kier alpha value is -2.30. The van der Waals surface area contributed by atoms with Crippen molar-refractivity contribution >= 4 is 41.4 Å². The van der Waals surface area contributed by atoms with Crippen molar-refractivity contribution in [2.24, 2.45) is 0 Å². The molecule has 142 valence electrons. The SMILES string of the molecule is CSCC[C@H](NC(C)=O)C(=O)N[C@@H](C)C(=O)NCC(=O)NCC(=O)O. The Labute approximate surface area is 149 Å². The highest BCUT2D eigenvalue weighted by Gasteiger charge is 2.23. The number of hydrogen-bond donors (Lipinski definition) is 5. The van der Waals surface area contributed by atoms with E-state index in [1.165, 1.54) is 25.6 Å². The van der Waals surface area contributed by atoms with Crippen molar-refractivity contribution in [2.75, 3.05) is 25.1 Å². The topological polar surface area (TPSA) is 154 Å². The molecule has 0 aliphatic rings. The number of thioether (sulfide) groups is 1. The second-order valence-electron chi connectivity index (χ2n) is 5.15. The Kier molecular flexibility index (Phi) is 11.0. The highest BCUT2D eigenvalue weighted by atomic mass is 32.2. The van der Waals surface area contributed by atoms with Gasteiger partial charge in [0.15, 0.2) is 0 Å². The zero-order chi connectivity index (χ0) is 19.4. The van der Waals surface area contributed by atoms with Gasteiger partial charge in [-0.1, -0.05) is 0 Å². The molecule has 0 spiro atoms. The van der Waals surface area contributed by atoms with Crippen molar-refractivity contribution in [3.8, 4) is 0 Å². The van der Waals surface area contributed by atoms with Crippen LogP contribution in [0.5, 0.6) is 0 Å². The Morgan fingerprint density at radius 3 is 2.16 bits per heavy atom. The molecule has 10 nitrogen and oxygen atoms in total. The van der Waals surface area contributed by atoms with Gasteiger partial charge >= 0.3 is 5.97 Å². The van der Waals surface area contributed by atoms with E-state index >= 15 is 0 Å². The van der Waals surface area contributed by atoms with Crippen molar-refractivity contribution in [1.29, 1.82) is 0 Å². The first-order chi connectivity index (χ1) is 11.7. The van der Waals surface area contributed by atoms with E-state index < -0.39 is 48.9 Å². The minimum Gasteiger partial charge on any atom is -0.480 e. The molecule has 0 radical (unpaired) electrons. The molecule has 0 aromatic rings. The van der Waals surface area contributed by atoms with E-state index in [-0.39, 0.29) is 5.91 Å². The minimum absolute atomic E-state index is 0.353. The van der Waals surface area contributed by atoms with Crippen LogP contribution in [0.2, 0.25) is 0 Å². The van der Waals surface area contributed by atoms with Crippen LogP contribution >= 0.6 is 11.8 Å². The second kappa shape index (κ2) is 12.1. The Morgan fingerprint density at radius 2 is 1.64 bits per heavy atom. The highest BCUT2D eigenvalue weighted by Crippen LogP contribution is 2.01. The molecule has 0 saturated carbocycles. The average molecular weight is 376 g/mol. The maximum atomic E-state index is 12.2. The van der Waals surface area contributed by atoms with Gasteiger partial charge in [-0.05, 0) is 25.4 Å². The number of amides is 4. The molecule has 0 bridgehead atoms. The van der Waals surface area contributed by atoms with Gasteiger partial charge in [-0.25, -0.2) is 0 Å². The maximum Gasteiger partial charge on any atom is 0.322 e. The van der Waals surface area contributed by atoms with Gasteiger partial charge in [0.1, 0.15) is 18.6 Å². The average Bonchev–Trinajstić information content (AvgIpc) is 2.53. The Morgan fingerprint density at radius 1 is 1.00 bits per heavy atom. The fourth-order valence-electron chi connectivity index (χ4n) is 1.69. The molecule has 4 amide bonds. The van der Waals surface area contributed by atoms with Crippen molar-refractivity contribution in [3.05, 3.63) is 0 Å². The molecule has 0 heterocycles. The van der Waals surface area contributed by atoms with Crippen molar-refractivity contribution in [1.82, 2.24) is 21.3 Å². The zero-order valence-electron chi connectivity index (χ0n) is 14.4. The molecule has 25 heavy (non-hydrogen) atoms. The summed E-state index contributed by atoms with van der Waals surface area (Å²) in [6, 6.07) is -1.68. The molecular weight excluding hydrogens is 352 g/mol. The summed E-state index contributed by atoms with van der Waals surface area (Å²) in [5.41, 5.74) is 0. The van der Waals surface area contributed by atoms with Gasteiger partial charge in [0.2, 0.25) is 23.6 Å². The quantitative estimate of drug-likeness (QED) is 0.281. The van der Waals surface area contributed by atoms with Crippen LogP contribution in [0.4, 0.5) is 0 Å². The van der Waals surface area contributed by atoms with Crippen LogP contribution in [0, 0.1) is 0 Å². The summed E-state index contributed by atoms with van der Waals surface area (Å²) >= 11 is 1.52. The van der Waals surface area contributed by atoms with Crippen LogP contribution in [0.25, 0.3) is 0 Å². The number of rotatable bonds is 11. The van der Waals surface area contributed by atoms with Gasteiger partial charge in [-0.2, -0.15) is 11.8 Å². The third-order valence-electron chi connectivity index (χ3n) is 2.92. The van der Waals surface area contributed by atoms with Gasteiger partial charge in [-0.15, -0.1) is 0 Å². The molecule has 0 fully saturated rings. The summed E-state index contributed by atoms with van der Waals surface area (Å²) < 4.78 is 0. The summed E-state index contributed by atoms with van der Waals surface area (Å²) in [4.78, 5) is 56.8. The van der Waals surface area contributed by atoms with Crippen LogP contribution in [-0.4, -0.2) is 71.9 Å². The van der Waals surface area contributed by atoms with Crippen LogP contribution in [0.1, 0.15) is 20.3 Å². The van der Waals surface area contributed by atoms with E-state index in [0.29, 0.717) is 12.2 Å². The lowest BCUT2D eigenvalue weighted by atomic mass is 10.2. The lowest BCUT2D eigenvalue weighted by Gasteiger charge is -2.20. The first-order valence-corrected chi connectivity index (χ1v) is 8.89. The fraction of sp³-hybridized carbons (Fsp3) is 0.643. The highest BCUT2D eigenvalue weighted by molar-refractivity contribution is 7.98. The number of carboxylic acid groups (broad SMARTS) is 1. The van der Waals surface area contributed by atoms with Crippen LogP contribution in [0.3, 0.4) is 0 Å². The summed E-state index contributed by atoms with van der Waals surface area (Å²) in [5, 5.41) is 17.8. The monoisotopic (exact) mass is 376 g/mol. The number of nitrogens with one attached hydrogen (secondary N) is 4.